The van der Waals surface area contributed by atoms with E-state index in [0.717, 1.165) is 19.4 Å². The molecule has 21 heavy (non-hydrogen) atoms. The molecule has 1 aliphatic rings. The molecule has 0 unspecified atom stereocenters. The Morgan fingerprint density at radius 3 is 2.76 bits per heavy atom. The van der Waals surface area contributed by atoms with Crippen LogP contribution in [-0.2, 0) is 13.1 Å². The van der Waals surface area contributed by atoms with Crippen LogP contribution in [0.3, 0.4) is 0 Å². The topological polar surface area (TPSA) is 40.5 Å². The zero-order valence-corrected chi connectivity index (χ0v) is 12.3. The van der Waals surface area contributed by atoms with E-state index in [4.69, 9.17) is 0 Å². The second-order valence-electron chi connectivity index (χ2n) is 5.32. The van der Waals surface area contributed by atoms with Crippen molar-refractivity contribution in [3.63, 3.8) is 0 Å². The molecule has 1 N–H and O–H groups in total. The van der Waals surface area contributed by atoms with Gasteiger partial charge in [0.25, 0.3) is 0 Å². The first-order valence-corrected chi connectivity index (χ1v) is 7.79. The number of hydrogen-bond donors (Lipinski definition) is 1. The van der Waals surface area contributed by atoms with Gasteiger partial charge in [0.2, 0.25) is 0 Å². The van der Waals surface area contributed by atoms with Gasteiger partial charge < -0.3 is 5.11 Å². The van der Waals surface area contributed by atoms with Crippen molar-refractivity contribution < 1.29 is 14.3 Å². The van der Waals surface area contributed by atoms with E-state index in [-0.39, 0.29) is 11.4 Å². The van der Waals surface area contributed by atoms with E-state index in [1.165, 1.54) is 23.1 Å². The van der Waals surface area contributed by atoms with E-state index < -0.39 is 5.97 Å². The number of carboxylic acid groups (broad SMARTS) is 1. The van der Waals surface area contributed by atoms with Crippen molar-refractivity contribution in [3.8, 4) is 0 Å². The molecule has 1 fully saturated rings. The highest BCUT2D eigenvalue weighted by atomic mass is 32.1. The third kappa shape index (κ3) is 3.49. The van der Waals surface area contributed by atoms with Crippen molar-refractivity contribution in [3.05, 3.63) is 57.5 Å². The van der Waals surface area contributed by atoms with Gasteiger partial charge in [-0.2, -0.15) is 0 Å². The number of rotatable bonds is 6. The minimum absolute atomic E-state index is 0.188. The summed E-state index contributed by atoms with van der Waals surface area (Å²) in [4.78, 5) is 14.8. The molecule has 0 atom stereocenters. The summed E-state index contributed by atoms with van der Waals surface area (Å²) in [6.07, 6.45) is 2.26. The van der Waals surface area contributed by atoms with Crippen molar-refractivity contribution in [2.75, 3.05) is 0 Å². The molecular weight excluding hydrogens is 289 g/mol. The maximum atomic E-state index is 13.4. The molecule has 0 aliphatic heterocycles. The summed E-state index contributed by atoms with van der Waals surface area (Å²) in [5, 5.41) is 11.3. The zero-order chi connectivity index (χ0) is 14.8. The Bertz CT molecular complexity index is 638. The van der Waals surface area contributed by atoms with Crippen LogP contribution in [0.2, 0.25) is 0 Å². The molecule has 0 radical (unpaired) electrons. The Labute approximate surface area is 126 Å². The standard InChI is InChI=1S/C16H16FNO2S/c17-12-3-6-15(16(19)20)11(8-12)9-18(13-4-5-13)10-14-2-1-7-21-14/h1-3,6-8,13H,4-5,9-10H2,(H,19,20). The van der Waals surface area contributed by atoms with E-state index in [0.29, 0.717) is 18.2 Å². The first-order chi connectivity index (χ1) is 10.1. The Kier molecular flexibility index (Phi) is 4.03. The average Bonchev–Trinajstić information content (AvgIpc) is 3.16. The van der Waals surface area contributed by atoms with Crippen molar-refractivity contribution in [1.29, 1.82) is 0 Å². The van der Waals surface area contributed by atoms with Crippen LogP contribution in [0, 0.1) is 5.82 Å². The normalized spacial score (nSPS) is 14.6. The first-order valence-electron chi connectivity index (χ1n) is 6.91. The molecule has 0 amide bonds. The number of nitrogens with zero attached hydrogens (tertiary/aromatic N) is 1. The summed E-state index contributed by atoms with van der Waals surface area (Å²) >= 11 is 1.69. The lowest BCUT2D eigenvalue weighted by Crippen LogP contribution is -2.25. The summed E-state index contributed by atoms with van der Waals surface area (Å²) in [5.41, 5.74) is 0.735. The van der Waals surface area contributed by atoms with E-state index in [9.17, 15) is 14.3 Å². The van der Waals surface area contributed by atoms with E-state index in [1.54, 1.807) is 11.3 Å². The minimum atomic E-state index is -1.00. The highest BCUT2D eigenvalue weighted by Crippen LogP contribution is 2.31. The van der Waals surface area contributed by atoms with Crippen LogP contribution in [-0.4, -0.2) is 22.0 Å². The number of aromatic carboxylic acids is 1. The lowest BCUT2D eigenvalue weighted by molar-refractivity contribution is 0.0694. The molecule has 5 heteroatoms. The van der Waals surface area contributed by atoms with Gasteiger partial charge in [-0.15, -0.1) is 11.3 Å². The Hall–Kier alpha value is -1.72. The van der Waals surface area contributed by atoms with Crippen LogP contribution in [0.15, 0.2) is 35.7 Å². The van der Waals surface area contributed by atoms with Gasteiger partial charge in [0.05, 0.1) is 5.56 Å². The van der Waals surface area contributed by atoms with Crippen LogP contribution >= 0.6 is 11.3 Å². The molecule has 1 aromatic heterocycles. The van der Waals surface area contributed by atoms with Gasteiger partial charge in [0, 0.05) is 24.0 Å². The fourth-order valence-electron chi connectivity index (χ4n) is 2.48. The lowest BCUT2D eigenvalue weighted by Gasteiger charge is -2.22. The maximum absolute atomic E-state index is 13.4. The molecule has 1 aromatic carbocycles. The first kappa shape index (κ1) is 14.2. The third-order valence-electron chi connectivity index (χ3n) is 3.67. The molecule has 0 saturated heterocycles. The van der Waals surface area contributed by atoms with E-state index in [1.807, 2.05) is 11.4 Å². The number of halogens is 1. The van der Waals surface area contributed by atoms with Gasteiger partial charge in [-0.25, -0.2) is 9.18 Å². The zero-order valence-electron chi connectivity index (χ0n) is 11.5. The molecule has 0 spiro atoms. The Morgan fingerprint density at radius 1 is 1.33 bits per heavy atom. The van der Waals surface area contributed by atoms with Crippen LogP contribution in [0.1, 0.15) is 33.6 Å². The second-order valence-corrected chi connectivity index (χ2v) is 6.35. The highest BCUT2D eigenvalue weighted by molar-refractivity contribution is 7.09. The number of carboxylic acids is 1. The highest BCUT2D eigenvalue weighted by Gasteiger charge is 2.30. The SMILES string of the molecule is O=C(O)c1ccc(F)cc1CN(Cc1cccs1)C1CC1. The van der Waals surface area contributed by atoms with Gasteiger partial charge >= 0.3 is 5.97 Å². The fraction of sp³-hybridized carbons (Fsp3) is 0.312. The number of benzene rings is 1. The fourth-order valence-corrected chi connectivity index (χ4v) is 3.21. The smallest absolute Gasteiger partial charge is 0.336 e. The number of hydrogen-bond acceptors (Lipinski definition) is 3. The lowest BCUT2D eigenvalue weighted by atomic mass is 10.1. The van der Waals surface area contributed by atoms with E-state index >= 15 is 0 Å². The van der Waals surface area contributed by atoms with Crippen LogP contribution in [0.25, 0.3) is 0 Å². The molecule has 3 nitrogen and oxygen atoms in total. The van der Waals surface area contributed by atoms with Gasteiger partial charge in [-0.3, -0.25) is 4.90 Å². The van der Waals surface area contributed by atoms with Crippen LogP contribution in [0.5, 0.6) is 0 Å². The molecule has 110 valence electrons. The van der Waals surface area contributed by atoms with Crippen molar-refractivity contribution in [2.45, 2.75) is 32.0 Å². The summed E-state index contributed by atoms with van der Waals surface area (Å²) in [6, 6.07) is 8.46. The van der Waals surface area contributed by atoms with Gasteiger partial charge in [0.15, 0.2) is 0 Å². The molecule has 0 bridgehead atoms. The minimum Gasteiger partial charge on any atom is -0.478 e. The monoisotopic (exact) mass is 305 g/mol. The molecular formula is C16H16FNO2S. The van der Waals surface area contributed by atoms with E-state index in [2.05, 4.69) is 11.0 Å². The van der Waals surface area contributed by atoms with Crippen LogP contribution < -0.4 is 0 Å². The summed E-state index contributed by atoms with van der Waals surface area (Å²) in [6.45, 7) is 1.26. The summed E-state index contributed by atoms with van der Waals surface area (Å²) in [7, 11) is 0. The van der Waals surface area contributed by atoms with Crippen molar-refractivity contribution in [2.24, 2.45) is 0 Å². The largest absolute Gasteiger partial charge is 0.478 e. The van der Waals surface area contributed by atoms with Gasteiger partial charge in [-0.05, 0) is 48.1 Å². The summed E-state index contributed by atoms with van der Waals surface area (Å²) < 4.78 is 13.4. The third-order valence-corrected chi connectivity index (χ3v) is 4.53. The Morgan fingerprint density at radius 2 is 2.14 bits per heavy atom. The predicted octanol–water partition coefficient (Wildman–Crippen LogP) is 3.75. The van der Waals surface area contributed by atoms with Crippen molar-refractivity contribution >= 4 is 17.3 Å². The molecule has 1 heterocycles. The maximum Gasteiger partial charge on any atom is 0.336 e. The quantitative estimate of drug-likeness (QED) is 0.883. The average molecular weight is 305 g/mol. The number of thiophene rings is 1. The Balaban J connectivity index is 1.82. The second kappa shape index (κ2) is 5.95. The molecule has 1 aliphatic carbocycles. The van der Waals surface area contributed by atoms with Crippen molar-refractivity contribution in [1.82, 2.24) is 4.90 Å². The van der Waals surface area contributed by atoms with Crippen LogP contribution in [0.4, 0.5) is 4.39 Å². The number of carbonyl (C=O) groups is 1. The van der Waals surface area contributed by atoms with Gasteiger partial charge in [-0.1, -0.05) is 6.07 Å². The van der Waals surface area contributed by atoms with Gasteiger partial charge in [0.1, 0.15) is 5.82 Å². The summed E-state index contributed by atoms with van der Waals surface area (Å²) in [5.74, 6) is -1.39. The molecule has 3 rings (SSSR count). The molecule has 2 aromatic rings. The predicted molar refractivity (Wildman–Crippen MR) is 79.9 cm³/mol. The molecule has 1 saturated carbocycles.